The van der Waals surface area contributed by atoms with E-state index in [1.807, 2.05) is 0 Å². The van der Waals surface area contributed by atoms with E-state index in [1.165, 1.54) is 13.2 Å². The third-order valence-electron chi connectivity index (χ3n) is 2.25. The highest BCUT2D eigenvalue weighted by Gasteiger charge is 2.29. The molecule has 2 unspecified atom stereocenters. The Morgan fingerprint density at radius 2 is 2.56 bits per heavy atom. The predicted octanol–water partition coefficient (Wildman–Crippen LogP) is 0.817. The zero-order valence-electron chi connectivity index (χ0n) is 9.50. The van der Waals surface area contributed by atoms with Gasteiger partial charge in [0.2, 0.25) is 0 Å². The van der Waals surface area contributed by atoms with Crippen molar-refractivity contribution in [1.29, 1.82) is 0 Å². The lowest BCUT2D eigenvalue weighted by Crippen LogP contribution is -2.37. The first-order valence-corrected chi connectivity index (χ1v) is 5.83. The number of aliphatic hydroxyl groups excluding tert-OH is 1. The second-order valence-corrected chi connectivity index (χ2v) is 4.39. The van der Waals surface area contributed by atoms with Gasteiger partial charge in [-0.15, -0.1) is 0 Å². The summed E-state index contributed by atoms with van der Waals surface area (Å²) in [6.07, 6.45) is 1.51. The van der Waals surface area contributed by atoms with Gasteiger partial charge in [-0.1, -0.05) is 21.0 Å². The molecule has 0 fully saturated rings. The fourth-order valence-electron chi connectivity index (χ4n) is 1.49. The first-order valence-electron chi connectivity index (χ1n) is 4.92. The Bertz CT molecular complexity index is 455. The second kappa shape index (κ2) is 6.29. The van der Waals surface area contributed by atoms with Crippen molar-refractivity contribution >= 4 is 21.9 Å². The minimum absolute atomic E-state index is 0.0845. The molecule has 0 radical (unpaired) electrons. The van der Waals surface area contributed by atoms with Crippen molar-refractivity contribution in [3.63, 3.8) is 0 Å². The van der Waals surface area contributed by atoms with Gasteiger partial charge in [-0.05, 0) is 11.6 Å². The number of azide groups is 1. The van der Waals surface area contributed by atoms with Crippen molar-refractivity contribution in [1.82, 2.24) is 5.32 Å². The highest BCUT2D eigenvalue weighted by atomic mass is 79.9. The third kappa shape index (κ3) is 3.16. The number of carbonyl (C=O) groups is 1. The van der Waals surface area contributed by atoms with E-state index in [4.69, 9.17) is 11.3 Å². The number of methoxy groups -OCH3 is 1. The predicted molar refractivity (Wildman–Crippen MR) is 67.6 cm³/mol. The maximum atomic E-state index is 11.6. The highest BCUT2D eigenvalue weighted by molar-refractivity contribution is 9.09. The molecule has 1 aliphatic heterocycles. The minimum atomic E-state index is -0.807. The number of carbonyl (C=O) groups excluding carboxylic acids is 1. The molecule has 0 aliphatic carbocycles. The van der Waals surface area contributed by atoms with Crippen LogP contribution in [-0.2, 0) is 9.53 Å². The lowest BCUT2D eigenvalue weighted by molar-refractivity contribution is -0.135. The van der Waals surface area contributed by atoms with Gasteiger partial charge >= 0.3 is 5.97 Å². The molecule has 0 spiro atoms. The van der Waals surface area contributed by atoms with Crippen LogP contribution in [0.15, 0.2) is 28.2 Å². The third-order valence-corrected chi connectivity index (χ3v) is 2.74. The molecule has 0 saturated carbocycles. The summed E-state index contributed by atoms with van der Waals surface area (Å²) in [5.41, 5.74) is 14.3. The number of dihydropyridines is 1. The Hall–Kier alpha value is -1.70. The number of nitrogens with one attached hydrogen (secondary N) is 1. The van der Waals surface area contributed by atoms with E-state index < -0.39 is 17.0 Å². The van der Waals surface area contributed by atoms with Crippen LogP contribution in [0.1, 0.15) is 0 Å². The zero-order chi connectivity index (χ0) is 13.7. The number of hydrogen-bond acceptors (Lipinski definition) is 6. The Labute approximate surface area is 111 Å². The molecule has 0 saturated heterocycles. The summed E-state index contributed by atoms with van der Waals surface area (Å²) in [7, 11) is 1.22. The summed E-state index contributed by atoms with van der Waals surface area (Å²) < 4.78 is 4.61. The number of esters is 1. The molecule has 1 rings (SSSR count). The van der Waals surface area contributed by atoms with Crippen LogP contribution in [0.2, 0.25) is 0 Å². The number of nitrogens with zero attached hydrogens (tertiary/aromatic N) is 3. The molecular weight excluding hydrogens is 306 g/mol. The molecule has 0 aromatic rings. The van der Waals surface area contributed by atoms with Crippen molar-refractivity contribution in [3.8, 4) is 0 Å². The molecule has 2 atom stereocenters. The van der Waals surface area contributed by atoms with Crippen LogP contribution in [0, 0.1) is 0 Å². The van der Waals surface area contributed by atoms with Gasteiger partial charge in [-0.2, -0.15) is 0 Å². The molecule has 0 aromatic heterocycles. The number of aliphatic hydroxyl groups is 1. The van der Waals surface area contributed by atoms with Gasteiger partial charge in [0.25, 0.3) is 0 Å². The van der Waals surface area contributed by atoms with Gasteiger partial charge in [-0.3, -0.25) is 0 Å². The average Bonchev–Trinajstić information content (AvgIpc) is 2.33. The lowest BCUT2D eigenvalue weighted by atomic mass is 9.97. The molecule has 0 aromatic carbocycles. The van der Waals surface area contributed by atoms with Crippen LogP contribution < -0.4 is 11.1 Å². The minimum Gasteiger partial charge on any atom is -0.495 e. The first kappa shape index (κ1) is 14.4. The topological polar surface area (TPSA) is 133 Å². The first-order chi connectivity index (χ1) is 8.51. The molecule has 1 heterocycles. The van der Waals surface area contributed by atoms with Crippen molar-refractivity contribution in [3.05, 3.63) is 33.5 Å². The Morgan fingerprint density at radius 1 is 1.89 bits per heavy atom. The molecule has 0 amide bonds. The lowest BCUT2D eigenvalue weighted by Gasteiger charge is -2.24. The van der Waals surface area contributed by atoms with E-state index in [0.717, 1.165) is 0 Å². The van der Waals surface area contributed by atoms with Gasteiger partial charge in [0, 0.05) is 23.1 Å². The normalized spacial score (nSPS) is 20.4. The molecule has 9 heteroatoms. The monoisotopic (exact) mass is 317 g/mol. The number of ether oxygens (including phenoxy) is 1. The van der Waals surface area contributed by atoms with Crippen LogP contribution in [0.4, 0.5) is 0 Å². The largest absolute Gasteiger partial charge is 0.495 e. The number of halogens is 1. The summed E-state index contributed by atoms with van der Waals surface area (Å²) in [6, 6.07) is -0.807. The van der Waals surface area contributed by atoms with Crippen molar-refractivity contribution < 1.29 is 14.6 Å². The molecule has 1 aliphatic rings. The molecular formula is C9H12BrN5O3. The molecule has 8 nitrogen and oxygen atoms in total. The SMILES string of the molecule is COC(=O)C1=CC(Br)NC(O)=C1C(N)CN=[N+]=[N-]. The highest BCUT2D eigenvalue weighted by Crippen LogP contribution is 2.24. The van der Waals surface area contributed by atoms with E-state index in [0.29, 0.717) is 0 Å². The smallest absolute Gasteiger partial charge is 0.338 e. The number of alkyl halides is 1. The average molecular weight is 318 g/mol. The van der Waals surface area contributed by atoms with Gasteiger partial charge in [-0.25, -0.2) is 4.79 Å². The maximum Gasteiger partial charge on any atom is 0.338 e. The molecule has 0 bridgehead atoms. The Morgan fingerprint density at radius 3 is 3.11 bits per heavy atom. The van der Waals surface area contributed by atoms with Crippen molar-refractivity contribution in [2.75, 3.05) is 13.7 Å². The van der Waals surface area contributed by atoms with E-state index in [2.05, 4.69) is 36.0 Å². The molecule has 18 heavy (non-hydrogen) atoms. The van der Waals surface area contributed by atoms with E-state index >= 15 is 0 Å². The van der Waals surface area contributed by atoms with Gasteiger partial charge < -0.3 is 20.9 Å². The number of nitrogens with two attached hydrogens (primary N) is 1. The second-order valence-electron chi connectivity index (χ2n) is 3.40. The van der Waals surface area contributed by atoms with Crippen LogP contribution in [0.25, 0.3) is 10.4 Å². The molecule has 98 valence electrons. The van der Waals surface area contributed by atoms with Crippen LogP contribution in [-0.4, -0.2) is 35.7 Å². The quantitative estimate of drug-likeness (QED) is 0.176. The van der Waals surface area contributed by atoms with E-state index in [1.54, 1.807) is 0 Å². The summed E-state index contributed by atoms with van der Waals surface area (Å²) in [6.45, 7) is -0.0845. The van der Waals surface area contributed by atoms with Crippen LogP contribution in [0.5, 0.6) is 0 Å². The summed E-state index contributed by atoms with van der Waals surface area (Å²) in [5.74, 6) is -0.876. The Kier molecular flexibility index (Phi) is 5.02. The van der Waals surface area contributed by atoms with Gasteiger partial charge in [0.1, 0.15) is 4.95 Å². The Balaban J connectivity index is 3.10. The summed E-state index contributed by atoms with van der Waals surface area (Å²) in [4.78, 5) is 13.8. The van der Waals surface area contributed by atoms with Gasteiger partial charge in [0.05, 0.1) is 12.7 Å². The fourth-order valence-corrected chi connectivity index (χ4v) is 1.97. The van der Waals surface area contributed by atoms with Crippen LogP contribution >= 0.6 is 15.9 Å². The maximum absolute atomic E-state index is 11.6. The standard InChI is InChI=1S/C9H12BrN5O3/c1-18-9(17)4-2-6(10)14-8(16)7(4)5(11)3-13-15-12/h2,5-6,14,16H,3,11H2,1H3. The number of hydrogen-bond donors (Lipinski definition) is 3. The number of rotatable bonds is 4. The van der Waals surface area contributed by atoms with E-state index in [-0.39, 0.29) is 23.6 Å². The van der Waals surface area contributed by atoms with E-state index in [9.17, 15) is 9.90 Å². The summed E-state index contributed by atoms with van der Waals surface area (Å²) in [5, 5.41) is 15.8. The molecule has 4 N–H and O–H groups in total. The van der Waals surface area contributed by atoms with Crippen molar-refractivity contribution in [2.24, 2.45) is 10.8 Å². The summed E-state index contributed by atoms with van der Waals surface area (Å²) >= 11 is 3.18. The van der Waals surface area contributed by atoms with Crippen molar-refractivity contribution in [2.45, 2.75) is 11.0 Å². The van der Waals surface area contributed by atoms with Gasteiger partial charge in [0.15, 0.2) is 5.88 Å². The van der Waals surface area contributed by atoms with Crippen LogP contribution in [0.3, 0.4) is 0 Å². The zero-order valence-corrected chi connectivity index (χ0v) is 11.1. The fraction of sp³-hybridized carbons (Fsp3) is 0.444.